The topological polar surface area (TPSA) is 12.0 Å². The van der Waals surface area contributed by atoms with Crippen molar-refractivity contribution in [2.24, 2.45) is 0 Å². The summed E-state index contributed by atoms with van der Waals surface area (Å²) < 4.78 is 14.9. The lowest BCUT2D eigenvalue weighted by Gasteiger charge is -2.20. The van der Waals surface area contributed by atoms with Gasteiger partial charge in [0.25, 0.3) is 0 Å². The average Bonchev–Trinajstić information content (AvgIpc) is 2.86. The molecule has 1 atom stereocenters. The molecule has 2 rings (SSSR count). The molecule has 0 amide bonds. The van der Waals surface area contributed by atoms with Gasteiger partial charge < -0.3 is 5.32 Å². The van der Waals surface area contributed by atoms with Crippen LogP contribution in [-0.2, 0) is 0 Å². The highest BCUT2D eigenvalue weighted by molar-refractivity contribution is 9.10. The van der Waals surface area contributed by atoms with Crippen LogP contribution in [0.15, 0.2) is 39.5 Å². The van der Waals surface area contributed by atoms with E-state index in [4.69, 9.17) is 0 Å². The second-order valence-electron chi connectivity index (χ2n) is 4.08. The highest BCUT2D eigenvalue weighted by Gasteiger charge is 2.20. The first-order chi connectivity index (χ1) is 8.74. The van der Waals surface area contributed by atoms with Crippen LogP contribution in [0.2, 0.25) is 0 Å². The Morgan fingerprint density at radius 3 is 2.83 bits per heavy atom. The summed E-state index contributed by atoms with van der Waals surface area (Å²) in [4.78, 5) is 0. The second-order valence-corrected chi connectivity index (χ2v) is 5.71. The summed E-state index contributed by atoms with van der Waals surface area (Å²) in [6.45, 7) is 2.97. The largest absolute Gasteiger partial charge is 0.306 e. The van der Waals surface area contributed by atoms with E-state index in [-0.39, 0.29) is 11.9 Å². The number of halogens is 2. The van der Waals surface area contributed by atoms with Crippen LogP contribution < -0.4 is 5.32 Å². The highest BCUT2D eigenvalue weighted by Crippen LogP contribution is 2.31. The van der Waals surface area contributed by atoms with Gasteiger partial charge in [-0.3, -0.25) is 0 Å². The fourth-order valence-corrected chi connectivity index (χ4v) is 3.16. The van der Waals surface area contributed by atoms with Gasteiger partial charge in [-0.2, -0.15) is 11.3 Å². The van der Waals surface area contributed by atoms with E-state index in [1.807, 2.05) is 17.5 Å². The summed E-state index contributed by atoms with van der Waals surface area (Å²) in [7, 11) is 0. The predicted molar refractivity (Wildman–Crippen MR) is 78.6 cm³/mol. The van der Waals surface area contributed by atoms with Crippen LogP contribution in [0.1, 0.15) is 30.5 Å². The van der Waals surface area contributed by atoms with Crippen molar-refractivity contribution < 1.29 is 4.39 Å². The maximum absolute atomic E-state index is 14.1. The fraction of sp³-hybridized carbons (Fsp3) is 0.286. The quantitative estimate of drug-likeness (QED) is 0.836. The van der Waals surface area contributed by atoms with Gasteiger partial charge in [0, 0.05) is 10.0 Å². The molecule has 0 aliphatic carbocycles. The molecule has 0 fully saturated rings. The summed E-state index contributed by atoms with van der Waals surface area (Å²) in [5.74, 6) is -0.177. The molecule has 1 N–H and O–H groups in total. The number of hydrogen-bond donors (Lipinski definition) is 1. The molecule has 0 aliphatic rings. The highest BCUT2D eigenvalue weighted by atomic mass is 79.9. The van der Waals surface area contributed by atoms with Crippen molar-refractivity contribution >= 4 is 27.3 Å². The fourth-order valence-electron chi connectivity index (χ4n) is 1.90. The maximum Gasteiger partial charge on any atom is 0.129 e. The van der Waals surface area contributed by atoms with Crippen molar-refractivity contribution in [2.75, 3.05) is 6.54 Å². The molecule has 4 heteroatoms. The summed E-state index contributed by atoms with van der Waals surface area (Å²) >= 11 is 5.08. The van der Waals surface area contributed by atoms with Crippen LogP contribution in [-0.4, -0.2) is 6.54 Å². The number of hydrogen-bond acceptors (Lipinski definition) is 2. The van der Waals surface area contributed by atoms with Gasteiger partial charge in [0.1, 0.15) is 5.82 Å². The van der Waals surface area contributed by atoms with Crippen LogP contribution in [0.4, 0.5) is 4.39 Å². The molecular formula is C14H15BrFNS. The zero-order valence-corrected chi connectivity index (χ0v) is 12.5. The molecule has 0 radical (unpaired) electrons. The van der Waals surface area contributed by atoms with Crippen molar-refractivity contribution in [3.8, 4) is 0 Å². The number of nitrogens with one attached hydrogen (secondary N) is 1. The van der Waals surface area contributed by atoms with Crippen LogP contribution in [0.25, 0.3) is 0 Å². The van der Waals surface area contributed by atoms with Crippen molar-refractivity contribution in [1.29, 1.82) is 0 Å². The van der Waals surface area contributed by atoms with E-state index in [2.05, 4.69) is 33.6 Å². The Morgan fingerprint density at radius 1 is 1.39 bits per heavy atom. The molecule has 18 heavy (non-hydrogen) atoms. The van der Waals surface area contributed by atoms with Crippen LogP contribution in [0.3, 0.4) is 0 Å². The van der Waals surface area contributed by atoms with Crippen molar-refractivity contribution in [1.82, 2.24) is 5.32 Å². The van der Waals surface area contributed by atoms with Gasteiger partial charge in [-0.25, -0.2) is 4.39 Å². The van der Waals surface area contributed by atoms with Crippen LogP contribution in [0, 0.1) is 5.82 Å². The van der Waals surface area contributed by atoms with E-state index in [9.17, 15) is 4.39 Å². The average molecular weight is 328 g/mol. The lowest BCUT2D eigenvalue weighted by molar-refractivity contribution is 0.545. The molecule has 1 nitrogen and oxygen atoms in total. The van der Waals surface area contributed by atoms with Gasteiger partial charge in [0.15, 0.2) is 0 Å². The Balaban J connectivity index is 2.40. The Bertz CT molecular complexity index is 478. The summed E-state index contributed by atoms with van der Waals surface area (Å²) in [6.07, 6.45) is 1.02. The smallest absolute Gasteiger partial charge is 0.129 e. The standard InChI is InChI=1S/C14H15BrFNS/c1-2-7-17-14(10-6-8-18-9-10)13-11(15)4-3-5-12(13)16/h3-6,8-9,14,17H,2,7H2,1H3. The second kappa shape index (κ2) is 6.45. The molecule has 96 valence electrons. The van der Waals surface area contributed by atoms with E-state index in [0.717, 1.165) is 23.0 Å². The van der Waals surface area contributed by atoms with Gasteiger partial charge in [0.05, 0.1) is 6.04 Å². The molecule has 0 saturated carbocycles. The maximum atomic E-state index is 14.1. The normalized spacial score (nSPS) is 12.6. The summed E-state index contributed by atoms with van der Waals surface area (Å²) in [5.41, 5.74) is 1.80. The predicted octanol–water partition coefficient (Wildman–Crippen LogP) is 4.74. The minimum absolute atomic E-state index is 0.0909. The van der Waals surface area contributed by atoms with Crippen molar-refractivity contribution in [2.45, 2.75) is 19.4 Å². The van der Waals surface area contributed by atoms with Crippen molar-refractivity contribution in [3.05, 3.63) is 56.4 Å². The van der Waals surface area contributed by atoms with Crippen molar-refractivity contribution in [3.63, 3.8) is 0 Å². The molecule has 0 saturated heterocycles. The molecule has 1 aromatic heterocycles. The van der Waals surface area contributed by atoms with Crippen LogP contribution >= 0.6 is 27.3 Å². The van der Waals surface area contributed by atoms with E-state index in [0.29, 0.717) is 5.56 Å². The summed E-state index contributed by atoms with van der Waals surface area (Å²) in [5, 5.41) is 7.49. The number of thiophene rings is 1. The zero-order chi connectivity index (χ0) is 13.0. The minimum Gasteiger partial charge on any atom is -0.306 e. The van der Waals surface area contributed by atoms with E-state index in [1.54, 1.807) is 17.4 Å². The molecule has 0 aliphatic heterocycles. The SMILES string of the molecule is CCCNC(c1ccsc1)c1c(F)cccc1Br. The monoisotopic (exact) mass is 327 g/mol. The first-order valence-corrected chi connectivity index (χ1v) is 7.67. The molecule has 1 unspecified atom stereocenters. The summed E-state index contributed by atoms with van der Waals surface area (Å²) in [6, 6.07) is 7.05. The third-order valence-corrected chi connectivity index (χ3v) is 4.16. The Labute approximate surface area is 119 Å². The lowest BCUT2D eigenvalue weighted by atomic mass is 10.0. The van der Waals surface area contributed by atoms with E-state index < -0.39 is 0 Å². The lowest BCUT2D eigenvalue weighted by Crippen LogP contribution is -2.24. The Morgan fingerprint density at radius 2 is 2.22 bits per heavy atom. The number of rotatable bonds is 5. The van der Waals surface area contributed by atoms with Gasteiger partial charge in [-0.05, 0) is 47.5 Å². The Kier molecular flexibility index (Phi) is 4.92. The molecule has 0 bridgehead atoms. The van der Waals surface area contributed by atoms with E-state index in [1.165, 1.54) is 6.07 Å². The van der Waals surface area contributed by atoms with Gasteiger partial charge in [-0.1, -0.05) is 28.9 Å². The third-order valence-electron chi connectivity index (χ3n) is 2.76. The molecule has 2 aromatic rings. The van der Waals surface area contributed by atoms with E-state index >= 15 is 0 Å². The van der Waals surface area contributed by atoms with Gasteiger partial charge >= 0.3 is 0 Å². The Hall–Kier alpha value is -0.710. The van der Waals surface area contributed by atoms with Gasteiger partial charge in [0.2, 0.25) is 0 Å². The molecule has 0 spiro atoms. The third kappa shape index (κ3) is 2.99. The first-order valence-electron chi connectivity index (χ1n) is 5.93. The molecular weight excluding hydrogens is 313 g/mol. The molecule has 1 heterocycles. The zero-order valence-electron chi connectivity index (χ0n) is 10.1. The number of benzene rings is 1. The molecule has 1 aromatic carbocycles. The first kappa shape index (κ1) is 13.7. The minimum atomic E-state index is -0.177. The van der Waals surface area contributed by atoms with Crippen LogP contribution in [0.5, 0.6) is 0 Å². The van der Waals surface area contributed by atoms with Gasteiger partial charge in [-0.15, -0.1) is 0 Å².